The monoisotopic (exact) mass is 284 g/mol. The molecule has 1 N–H and O–H groups in total. The van der Waals surface area contributed by atoms with Gasteiger partial charge < -0.3 is 10.0 Å². The zero-order valence-electron chi connectivity index (χ0n) is 8.98. The molecule has 1 unspecified atom stereocenters. The van der Waals surface area contributed by atoms with Crippen LogP contribution in [0.2, 0.25) is 0 Å². The molecule has 1 aliphatic heterocycles. The molecule has 0 saturated carbocycles. The van der Waals surface area contributed by atoms with Gasteiger partial charge in [0.2, 0.25) is 0 Å². The van der Waals surface area contributed by atoms with Gasteiger partial charge in [0.25, 0.3) is 5.91 Å². The van der Waals surface area contributed by atoms with Crippen molar-refractivity contribution in [3.63, 3.8) is 0 Å². The lowest BCUT2D eigenvalue weighted by molar-refractivity contribution is 0.0572. The molecule has 1 saturated heterocycles. The number of β-amino-alcohol motifs (C(OH)–C–C–N with tert-alkyl or cyclic N) is 1. The number of pyridine rings is 1. The smallest absolute Gasteiger partial charge is 0.254 e. The number of carbonyl (C=O) groups excluding carboxylic acids is 1. The quantitative estimate of drug-likeness (QED) is 0.794. The molecule has 1 atom stereocenters. The fourth-order valence-corrected chi connectivity index (χ4v) is 2.20. The Kier molecular flexibility index (Phi) is 2.99. The van der Waals surface area contributed by atoms with Crippen molar-refractivity contribution < 1.29 is 9.90 Å². The third-order valence-corrected chi connectivity index (χ3v) is 3.15. The lowest BCUT2D eigenvalue weighted by Gasteiger charge is -2.19. The zero-order chi connectivity index (χ0) is 11.8. The lowest BCUT2D eigenvalue weighted by Crippen LogP contribution is -2.33. The van der Waals surface area contributed by atoms with Gasteiger partial charge in [0.15, 0.2) is 0 Å². The van der Waals surface area contributed by atoms with E-state index in [4.69, 9.17) is 0 Å². The van der Waals surface area contributed by atoms with Gasteiger partial charge in [-0.2, -0.15) is 0 Å². The standard InChI is InChI=1S/C11H13BrN2O2/c1-11(16)3-5-14(7-11)10(15)8-2-4-13-9(12)6-8/h2,4,6,16H,3,5,7H2,1H3. The van der Waals surface area contributed by atoms with Crippen molar-refractivity contribution in [3.05, 3.63) is 28.5 Å². The van der Waals surface area contributed by atoms with Crippen LogP contribution in [0.1, 0.15) is 23.7 Å². The predicted octanol–water partition coefficient (Wildman–Crippen LogP) is 1.44. The van der Waals surface area contributed by atoms with Crippen molar-refractivity contribution in [1.82, 2.24) is 9.88 Å². The van der Waals surface area contributed by atoms with E-state index in [1.165, 1.54) is 0 Å². The highest BCUT2D eigenvalue weighted by Gasteiger charge is 2.34. The van der Waals surface area contributed by atoms with E-state index >= 15 is 0 Å². The van der Waals surface area contributed by atoms with Gasteiger partial charge in [-0.1, -0.05) is 0 Å². The first-order valence-electron chi connectivity index (χ1n) is 5.11. The molecule has 0 aliphatic carbocycles. The molecule has 2 heterocycles. The minimum atomic E-state index is -0.750. The van der Waals surface area contributed by atoms with Crippen LogP contribution in [-0.4, -0.2) is 39.6 Å². The van der Waals surface area contributed by atoms with Gasteiger partial charge in [0.05, 0.1) is 5.60 Å². The second-order valence-corrected chi connectivity index (χ2v) is 5.15. The number of hydrogen-bond donors (Lipinski definition) is 1. The summed E-state index contributed by atoms with van der Waals surface area (Å²) in [6.45, 7) is 2.75. The normalized spacial score (nSPS) is 24.8. The van der Waals surface area contributed by atoms with Crippen LogP contribution in [0, 0.1) is 0 Å². The third kappa shape index (κ3) is 2.41. The average molecular weight is 285 g/mol. The maximum absolute atomic E-state index is 12.1. The van der Waals surface area contributed by atoms with Gasteiger partial charge in [-0.05, 0) is 41.4 Å². The molecule has 2 rings (SSSR count). The largest absolute Gasteiger partial charge is 0.388 e. The highest BCUT2D eigenvalue weighted by molar-refractivity contribution is 9.10. The summed E-state index contributed by atoms with van der Waals surface area (Å²) in [5.41, 5.74) is -0.153. The van der Waals surface area contributed by atoms with E-state index in [2.05, 4.69) is 20.9 Å². The van der Waals surface area contributed by atoms with Gasteiger partial charge in [-0.25, -0.2) is 4.98 Å². The van der Waals surface area contributed by atoms with E-state index in [0.29, 0.717) is 29.7 Å². The van der Waals surface area contributed by atoms with E-state index in [9.17, 15) is 9.90 Å². The number of hydrogen-bond acceptors (Lipinski definition) is 3. The first-order chi connectivity index (χ1) is 7.48. The number of amides is 1. The molecule has 1 aromatic heterocycles. The summed E-state index contributed by atoms with van der Waals surface area (Å²) < 4.78 is 0.643. The van der Waals surface area contributed by atoms with E-state index in [-0.39, 0.29) is 5.91 Å². The highest BCUT2D eigenvalue weighted by atomic mass is 79.9. The fraction of sp³-hybridized carbons (Fsp3) is 0.455. The van der Waals surface area contributed by atoms with Crippen molar-refractivity contribution >= 4 is 21.8 Å². The summed E-state index contributed by atoms with van der Waals surface area (Å²) in [7, 11) is 0. The molecule has 1 amide bonds. The van der Waals surface area contributed by atoms with E-state index < -0.39 is 5.60 Å². The fourth-order valence-electron chi connectivity index (χ4n) is 1.84. The summed E-state index contributed by atoms with van der Waals surface area (Å²) >= 11 is 3.23. The van der Waals surface area contributed by atoms with Crippen molar-refractivity contribution in [2.75, 3.05) is 13.1 Å². The highest BCUT2D eigenvalue weighted by Crippen LogP contribution is 2.22. The second kappa shape index (κ2) is 4.14. The third-order valence-electron chi connectivity index (χ3n) is 2.71. The molecule has 1 fully saturated rings. The molecule has 1 aliphatic rings. The van der Waals surface area contributed by atoms with Gasteiger partial charge in [0, 0.05) is 24.8 Å². The van der Waals surface area contributed by atoms with Crippen LogP contribution in [0.4, 0.5) is 0 Å². The van der Waals surface area contributed by atoms with Gasteiger partial charge in [-0.15, -0.1) is 0 Å². The Morgan fingerprint density at radius 3 is 3.00 bits per heavy atom. The number of aromatic nitrogens is 1. The maximum Gasteiger partial charge on any atom is 0.254 e. The SMILES string of the molecule is CC1(O)CCN(C(=O)c2ccnc(Br)c2)C1. The molecule has 1 aromatic rings. The molecular weight excluding hydrogens is 272 g/mol. The average Bonchev–Trinajstić information content (AvgIpc) is 2.58. The summed E-state index contributed by atoms with van der Waals surface area (Å²) in [6.07, 6.45) is 2.22. The van der Waals surface area contributed by atoms with Gasteiger partial charge in [0.1, 0.15) is 4.60 Å². The maximum atomic E-state index is 12.1. The van der Waals surface area contributed by atoms with Crippen LogP contribution in [0.15, 0.2) is 22.9 Å². The molecule has 4 nitrogen and oxygen atoms in total. The number of aliphatic hydroxyl groups is 1. The molecule has 16 heavy (non-hydrogen) atoms. The van der Waals surface area contributed by atoms with Crippen molar-refractivity contribution in [2.45, 2.75) is 18.9 Å². The Morgan fingerprint density at radius 1 is 1.69 bits per heavy atom. The molecule has 0 spiro atoms. The van der Waals surface area contributed by atoms with E-state index in [1.54, 1.807) is 30.2 Å². The van der Waals surface area contributed by atoms with Crippen LogP contribution in [0.25, 0.3) is 0 Å². The van der Waals surface area contributed by atoms with E-state index in [1.807, 2.05) is 0 Å². The number of halogens is 1. The van der Waals surface area contributed by atoms with Crippen LogP contribution < -0.4 is 0 Å². The predicted molar refractivity (Wildman–Crippen MR) is 63.1 cm³/mol. The molecule has 0 radical (unpaired) electrons. The molecule has 0 bridgehead atoms. The summed E-state index contributed by atoms with van der Waals surface area (Å²) in [5.74, 6) is -0.0547. The Bertz CT molecular complexity index is 420. The molecular formula is C11H13BrN2O2. The first-order valence-corrected chi connectivity index (χ1v) is 5.90. The first kappa shape index (κ1) is 11.5. The van der Waals surface area contributed by atoms with Gasteiger partial charge in [-0.3, -0.25) is 4.79 Å². The lowest BCUT2D eigenvalue weighted by atomic mass is 10.1. The van der Waals surface area contributed by atoms with Gasteiger partial charge >= 0.3 is 0 Å². The summed E-state index contributed by atoms with van der Waals surface area (Å²) in [4.78, 5) is 17.7. The summed E-state index contributed by atoms with van der Waals surface area (Å²) in [5, 5.41) is 9.80. The van der Waals surface area contributed by atoms with E-state index in [0.717, 1.165) is 0 Å². The van der Waals surface area contributed by atoms with Crippen molar-refractivity contribution in [2.24, 2.45) is 0 Å². The van der Waals surface area contributed by atoms with Crippen molar-refractivity contribution in [1.29, 1.82) is 0 Å². The number of carbonyl (C=O) groups is 1. The minimum Gasteiger partial charge on any atom is -0.388 e. The summed E-state index contributed by atoms with van der Waals surface area (Å²) in [6, 6.07) is 3.37. The molecule has 0 aromatic carbocycles. The number of nitrogens with zero attached hydrogens (tertiary/aromatic N) is 2. The Labute approximate surface area is 102 Å². The Hall–Kier alpha value is -0.940. The number of likely N-dealkylation sites (tertiary alicyclic amines) is 1. The topological polar surface area (TPSA) is 53.4 Å². The van der Waals surface area contributed by atoms with Crippen LogP contribution in [0.3, 0.4) is 0 Å². The second-order valence-electron chi connectivity index (χ2n) is 4.34. The Morgan fingerprint density at radius 2 is 2.44 bits per heavy atom. The molecule has 5 heteroatoms. The van der Waals surface area contributed by atoms with Crippen LogP contribution in [0.5, 0.6) is 0 Å². The number of rotatable bonds is 1. The van der Waals surface area contributed by atoms with Crippen LogP contribution >= 0.6 is 15.9 Å². The van der Waals surface area contributed by atoms with Crippen LogP contribution in [-0.2, 0) is 0 Å². The zero-order valence-corrected chi connectivity index (χ0v) is 10.6. The molecule has 86 valence electrons. The Balaban J connectivity index is 2.15. The van der Waals surface area contributed by atoms with Crippen molar-refractivity contribution in [3.8, 4) is 0 Å². The minimum absolute atomic E-state index is 0.0547.